The first-order valence-corrected chi connectivity index (χ1v) is 13.8. The monoisotopic (exact) mass is 564 g/mol. The molecule has 1 saturated heterocycles. The summed E-state index contributed by atoms with van der Waals surface area (Å²) in [4.78, 5) is 1.79. The van der Waals surface area contributed by atoms with Crippen LogP contribution in [0, 0.1) is 19.7 Å². The second kappa shape index (κ2) is 10.0. The van der Waals surface area contributed by atoms with Crippen molar-refractivity contribution in [1.29, 1.82) is 0 Å². The highest BCUT2D eigenvalue weighted by molar-refractivity contribution is 7.89. The minimum Gasteiger partial charge on any atom is -0.293 e. The third-order valence-corrected chi connectivity index (χ3v) is 9.30. The molecule has 2 aromatic carbocycles. The number of piperazine rings is 1. The fourth-order valence-electron chi connectivity index (χ4n) is 5.06. The van der Waals surface area contributed by atoms with Crippen LogP contribution >= 0.6 is 0 Å². The van der Waals surface area contributed by atoms with Gasteiger partial charge < -0.3 is 0 Å². The molecular formula is C26H28F4N6O2S. The average molecular weight is 565 g/mol. The predicted octanol–water partition coefficient (Wildman–Crippen LogP) is 4.51. The van der Waals surface area contributed by atoms with Gasteiger partial charge >= 0.3 is 6.18 Å². The van der Waals surface area contributed by atoms with E-state index < -0.39 is 28.7 Å². The van der Waals surface area contributed by atoms with Crippen LogP contribution in [-0.2, 0) is 17.1 Å². The van der Waals surface area contributed by atoms with Crippen molar-refractivity contribution in [3.05, 3.63) is 71.4 Å². The van der Waals surface area contributed by atoms with Crippen LogP contribution in [0.2, 0.25) is 0 Å². The number of alkyl halides is 3. The van der Waals surface area contributed by atoms with Crippen LogP contribution < -0.4 is 0 Å². The molecule has 0 aliphatic carbocycles. The summed E-state index contributed by atoms with van der Waals surface area (Å²) in [6.45, 7) is 3.46. The van der Waals surface area contributed by atoms with Crippen molar-refractivity contribution in [3.63, 3.8) is 0 Å². The van der Waals surface area contributed by atoms with E-state index in [4.69, 9.17) is 0 Å². The Labute approximate surface area is 223 Å². The minimum absolute atomic E-state index is 0.00697. The lowest BCUT2D eigenvalue weighted by Crippen LogP contribution is -2.51. The van der Waals surface area contributed by atoms with Crippen LogP contribution in [0.1, 0.15) is 29.3 Å². The van der Waals surface area contributed by atoms with E-state index in [2.05, 4.69) is 10.2 Å². The number of hydrogen-bond donors (Lipinski definition) is 0. The second-order valence-electron chi connectivity index (χ2n) is 9.80. The van der Waals surface area contributed by atoms with Crippen molar-refractivity contribution >= 4 is 20.9 Å². The molecule has 0 amide bonds. The van der Waals surface area contributed by atoms with Crippen molar-refractivity contribution in [2.45, 2.75) is 37.4 Å². The van der Waals surface area contributed by atoms with Gasteiger partial charge in [-0.25, -0.2) is 17.5 Å². The molecule has 0 N–H and O–H groups in total. The van der Waals surface area contributed by atoms with E-state index in [-0.39, 0.29) is 36.9 Å². The maximum atomic E-state index is 13.5. The summed E-state index contributed by atoms with van der Waals surface area (Å²) in [6.07, 6.45) is -2.40. The topological polar surface area (TPSA) is 76.3 Å². The first-order valence-electron chi connectivity index (χ1n) is 12.4. The Kier molecular flexibility index (Phi) is 7.02. The van der Waals surface area contributed by atoms with Gasteiger partial charge in [0.15, 0.2) is 0 Å². The van der Waals surface area contributed by atoms with E-state index in [0.717, 1.165) is 22.0 Å². The van der Waals surface area contributed by atoms with Gasteiger partial charge in [0, 0.05) is 44.7 Å². The van der Waals surface area contributed by atoms with Gasteiger partial charge in [-0.15, -0.1) is 0 Å². The van der Waals surface area contributed by atoms with Crippen LogP contribution in [-0.4, -0.2) is 69.5 Å². The van der Waals surface area contributed by atoms with Crippen molar-refractivity contribution < 1.29 is 26.0 Å². The number of benzene rings is 2. The molecule has 0 radical (unpaired) electrons. The number of aromatic nitrogens is 4. The molecule has 208 valence electrons. The van der Waals surface area contributed by atoms with Crippen LogP contribution in [0.25, 0.3) is 16.6 Å². The van der Waals surface area contributed by atoms with Gasteiger partial charge in [-0.2, -0.15) is 27.7 Å². The highest BCUT2D eigenvalue weighted by atomic mass is 32.2. The van der Waals surface area contributed by atoms with Crippen molar-refractivity contribution in [1.82, 2.24) is 28.8 Å². The Morgan fingerprint density at radius 2 is 1.74 bits per heavy atom. The smallest absolute Gasteiger partial charge is 0.293 e. The molecule has 2 aromatic heterocycles. The highest BCUT2D eigenvalue weighted by Gasteiger charge is 2.38. The molecular weight excluding hydrogens is 536 g/mol. The lowest BCUT2D eigenvalue weighted by atomic mass is 9.96. The SMILES string of the molecule is Cc1cc2c(cnn2-c2ccc(F)cc2)cc1[C@@H]1CN(S(=O)(=O)c2cnn(C)c2C)CCN1CCC(F)(F)F. The van der Waals surface area contributed by atoms with E-state index in [1.807, 2.05) is 19.1 Å². The van der Waals surface area contributed by atoms with E-state index in [1.165, 1.54) is 27.3 Å². The molecule has 0 saturated carbocycles. The number of rotatable bonds is 6. The standard InChI is InChI=1S/C26H28F4N6O2S/c1-17-12-23-19(14-32-36(23)21-6-4-20(27)5-7-21)13-22(17)24-16-35(11-10-34(24)9-8-26(28,29)30)39(37,38)25-15-31-33(3)18(25)2/h4-7,12-15,24H,8-11,16H2,1-3H3/t24-/m0/s1. The largest absolute Gasteiger partial charge is 0.390 e. The van der Waals surface area contributed by atoms with E-state index >= 15 is 0 Å². The molecule has 1 aliphatic rings. The third kappa shape index (κ3) is 5.30. The molecule has 4 aromatic rings. The molecule has 1 aliphatic heterocycles. The minimum atomic E-state index is -4.34. The number of hydrogen-bond acceptors (Lipinski definition) is 5. The lowest BCUT2D eigenvalue weighted by Gasteiger charge is -2.41. The number of nitrogens with zero attached hydrogens (tertiary/aromatic N) is 6. The molecule has 13 heteroatoms. The summed E-state index contributed by atoms with van der Waals surface area (Å²) >= 11 is 0. The molecule has 8 nitrogen and oxygen atoms in total. The van der Waals surface area contributed by atoms with Gasteiger partial charge in [0.05, 0.1) is 35.7 Å². The first-order chi connectivity index (χ1) is 18.3. The van der Waals surface area contributed by atoms with Gasteiger partial charge in [-0.1, -0.05) is 0 Å². The zero-order chi connectivity index (χ0) is 28.1. The second-order valence-corrected chi connectivity index (χ2v) is 11.7. The normalized spacial score (nSPS) is 17.8. The number of fused-ring (bicyclic) bond motifs is 1. The van der Waals surface area contributed by atoms with Crippen molar-refractivity contribution in [2.24, 2.45) is 7.05 Å². The molecule has 0 unspecified atom stereocenters. The van der Waals surface area contributed by atoms with Crippen molar-refractivity contribution in [3.8, 4) is 5.69 Å². The van der Waals surface area contributed by atoms with Crippen LogP contribution in [0.5, 0.6) is 0 Å². The number of aryl methyl sites for hydroxylation is 2. The van der Waals surface area contributed by atoms with Crippen LogP contribution in [0.15, 0.2) is 53.7 Å². The van der Waals surface area contributed by atoms with Gasteiger partial charge in [0.2, 0.25) is 10.0 Å². The zero-order valence-corrected chi connectivity index (χ0v) is 22.5. The number of sulfonamides is 1. The van der Waals surface area contributed by atoms with Gasteiger partial charge in [0.25, 0.3) is 0 Å². The van der Waals surface area contributed by atoms with E-state index in [9.17, 15) is 26.0 Å². The summed E-state index contributed by atoms with van der Waals surface area (Å²) in [5.74, 6) is -0.370. The van der Waals surface area contributed by atoms with E-state index in [0.29, 0.717) is 11.4 Å². The molecule has 0 bridgehead atoms. The number of halogens is 4. The molecule has 0 spiro atoms. The molecule has 39 heavy (non-hydrogen) atoms. The maximum absolute atomic E-state index is 13.5. The molecule has 5 rings (SSSR count). The lowest BCUT2D eigenvalue weighted by molar-refractivity contribution is -0.140. The van der Waals surface area contributed by atoms with Gasteiger partial charge in [-0.05, 0) is 61.4 Å². The highest BCUT2D eigenvalue weighted by Crippen LogP contribution is 2.35. The fourth-order valence-corrected chi connectivity index (χ4v) is 6.68. The quantitative estimate of drug-likeness (QED) is 0.322. The first kappa shape index (κ1) is 27.3. The van der Waals surface area contributed by atoms with Gasteiger partial charge in [-0.3, -0.25) is 9.58 Å². The Balaban J connectivity index is 1.53. The van der Waals surface area contributed by atoms with Crippen molar-refractivity contribution in [2.75, 3.05) is 26.2 Å². The zero-order valence-electron chi connectivity index (χ0n) is 21.7. The van der Waals surface area contributed by atoms with E-state index in [1.54, 1.807) is 41.9 Å². The Hall–Kier alpha value is -3.29. The molecule has 3 heterocycles. The summed E-state index contributed by atoms with van der Waals surface area (Å²) in [7, 11) is -2.27. The van der Waals surface area contributed by atoms with Gasteiger partial charge in [0.1, 0.15) is 10.7 Å². The van der Waals surface area contributed by atoms with Crippen LogP contribution in [0.3, 0.4) is 0 Å². The molecule has 1 fully saturated rings. The summed E-state index contributed by atoms with van der Waals surface area (Å²) in [5.41, 5.74) is 3.40. The maximum Gasteiger partial charge on any atom is 0.390 e. The summed E-state index contributed by atoms with van der Waals surface area (Å²) in [5, 5.41) is 9.22. The Bertz CT molecular complexity index is 1610. The van der Waals surface area contributed by atoms with Crippen LogP contribution in [0.4, 0.5) is 17.6 Å². The summed E-state index contributed by atoms with van der Waals surface area (Å²) in [6, 6.07) is 9.01. The summed E-state index contributed by atoms with van der Waals surface area (Å²) < 4.78 is 84.5. The predicted molar refractivity (Wildman–Crippen MR) is 137 cm³/mol. The fraction of sp³-hybridized carbons (Fsp3) is 0.385. The Morgan fingerprint density at radius 1 is 1.03 bits per heavy atom. The average Bonchev–Trinajstić information content (AvgIpc) is 3.44. The molecule has 1 atom stereocenters. The third-order valence-electron chi connectivity index (χ3n) is 7.33. The Morgan fingerprint density at radius 3 is 2.38 bits per heavy atom.